The van der Waals surface area contributed by atoms with Gasteiger partial charge in [-0.15, -0.1) is 0 Å². The number of benzene rings is 2. The number of amides is 1. The summed E-state index contributed by atoms with van der Waals surface area (Å²) in [5.74, 6) is 0.495. The summed E-state index contributed by atoms with van der Waals surface area (Å²) in [6.45, 7) is 4.31. The van der Waals surface area contributed by atoms with E-state index in [2.05, 4.69) is 10.2 Å². The van der Waals surface area contributed by atoms with E-state index in [-0.39, 0.29) is 5.91 Å². The molecule has 1 saturated carbocycles. The van der Waals surface area contributed by atoms with Gasteiger partial charge in [-0.3, -0.25) is 9.69 Å². The molecule has 0 saturated heterocycles. The fraction of sp³-hybridized carbons (Fsp3) is 0.409. The Bertz CT molecular complexity index is 903. The predicted molar refractivity (Wildman–Crippen MR) is 103 cm³/mol. The van der Waals surface area contributed by atoms with Gasteiger partial charge in [0.1, 0.15) is 0 Å². The molecular weight excluding hydrogens is 365 g/mol. The number of hydrogen-bond acceptors (Lipinski definition) is 2. The maximum Gasteiger partial charge on any atom is 0.416 e. The average Bonchev–Trinajstić information content (AvgIpc) is 3.44. The van der Waals surface area contributed by atoms with Gasteiger partial charge in [-0.05, 0) is 66.1 Å². The van der Waals surface area contributed by atoms with Crippen molar-refractivity contribution in [1.82, 2.24) is 4.90 Å². The molecule has 0 unspecified atom stereocenters. The largest absolute Gasteiger partial charge is 0.416 e. The monoisotopic (exact) mass is 388 g/mol. The maximum absolute atomic E-state index is 13.2. The third kappa shape index (κ3) is 4.22. The van der Waals surface area contributed by atoms with Crippen LogP contribution in [-0.4, -0.2) is 23.9 Å². The van der Waals surface area contributed by atoms with Crippen LogP contribution in [0.2, 0.25) is 0 Å². The molecule has 1 aliphatic carbocycles. The lowest BCUT2D eigenvalue weighted by Gasteiger charge is -2.29. The topological polar surface area (TPSA) is 32.3 Å². The molecule has 2 aromatic rings. The summed E-state index contributed by atoms with van der Waals surface area (Å²) in [6.07, 6.45) is -0.871. The summed E-state index contributed by atoms with van der Waals surface area (Å²) in [6, 6.07) is 9.31. The minimum absolute atomic E-state index is 0.311. The van der Waals surface area contributed by atoms with Gasteiger partial charge in [0.15, 0.2) is 0 Å². The first kappa shape index (κ1) is 19.0. The molecule has 2 aromatic carbocycles. The number of alkyl halides is 3. The van der Waals surface area contributed by atoms with Gasteiger partial charge in [-0.1, -0.05) is 12.1 Å². The van der Waals surface area contributed by atoms with Gasteiger partial charge in [-0.2, -0.15) is 13.2 Å². The summed E-state index contributed by atoms with van der Waals surface area (Å²) < 4.78 is 39.7. The Labute approximate surface area is 162 Å². The number of hydrogen-bond donors (Lipinski definition) is 1. The van der Waals surface area contributed by atoms with Gasteiger partial charge in [-0.25, -0.2) is 0 Å². The summed E-state index contributed by atoms with van der Waals surface area (Å²) >= 11 is 0. The van der Waals surface area contributed by atoms with E-state index in [1.807, 2.05) is 18.2 Å². The van der Waals surface area contributed by atoms with Gasteiger partial charge in [0.25, 0.3) is 0 Å². The van der Waals surface area contributed by atoms with E-state index >= 15 is 0 Å². The molecule has 0 atom stereocenters. The minimum atomic E-state index is -4.43. The molecule has 148 valence electrons. The first-order valence-electron chi connectivity index (χ1n) is 9.63. The highest BCUT2D eigenvalue weighted by Gasteiger charge is 2.31. The Morgan fingerprint density at radius 3 is 2.61 bits per heavy atom. The number of nitrogens with one attached hydrogen (secondary N) is 1. The van der Waals surface area contributed by atoms with Crippen molar-refractivity contribution in [2.75, 3.05) is 18.4 Å². The summed E-state index contributed by atoms with van der Waals surface area (Å²) in [5, 5.41) is 2.66. The molecule has 0 spiro atoms. The van der Waals surface area contributed by atoms with Crippen molar-refractivity contribution in [2.45, 2.75) is 38.9 Å². The van der Waals surface area contributed by atoms with Crippen LogP contribution in [-0.2, 0) is 23.9 Å². The van der Waals surface area contributed by atoms with E-state index in [1.54, 1.807) is 0 Å². The van der Waals surface area contributed by atoms with E-state index in [9.17, 15) is 18.0 Å². The molecule has 1 heterocycles. The Balaban J connectivity index is 1.70. The molecule has 1 N–H and O–H groups in total. The van der Waals surface area contributed by atoms with Crippen LogP contribution in [0.25, 0.3) is 11.1 Å². The SMILES string of the molecule is CC(=O)Nc1ccc(C(F)(F)F)cc1-c1ccc2c(c1)CN(CC1CC1)CC2. The molecular formula is C22H23F3N2O. The highest BCUT2D eigenvalue weighted by atomic mass is 19.4. The van der Waals surface area contributed by atoms with Crippen molar-refractivity contribution < 1.29 is 18.0 Å². The second-order valence-corrected chi connectivity index (χ2v) is 7.85. The lowest BCUT2D eigenvalue weighted by atomic mass is 9.93. The zero-order valence-corrected chi connectivity index (χ0v) is 15.8. The lowest BCUT2D eigenvalue weighted by molar-refractivity contribution is -0.137. The van der Waals surface area contributed by atoms with E-state index in [0.29, 0.717) is 16.8 Å². The van der Waals surface area contributed by atoms with E-state index in [0.717, 1.165) is 49.7 Å². The molecule has 1 aliphatic heterocycles. The quantitative estimate of drug-likeness (QED) is 0.790. The molecule has 1 fully saturated rings. The molecule has 0 aromatic heterocycles. The molecule has 0 bridgehead atoms. The Morgan fingerprint density at radius 2 is 1.93 bits per heavy atom. The highest BCUT2D eigenvalue weighted by molar-refractivity contribution is 5.94. The molecule has 3 nitrogen and oxygen atoms in total. The highest BCUT2D eigenvalue weighted by Crippen LogP contribution is 2.38. The Hall–Kier alpha value is -2.34. The van der Waals surface area contributed by atoms with Crippen LogP contribution in [0.5, 0.6) is 0 Å². The van der Waals surface area contributed by atoms with Gasteiger partial charge >= 0.3 is 6.18 Å². The Morgan fingerprint density at radius 1 is 1.14 bits per heavy atom. The number of carbonyl (C=O) groups excluding carboxylic acids is 1. The molecule has 6 heteroatoms. The van der Waals surface area contributed by atoms with Crippen LogP contribution < -0.4 is 5.32 Å². The van der Waals surface area contributed by atoms with E-state index < -0.39 is 11.7 Å². The second-order valence-electron chi connectivity index (χ2n) is 7.85. The van der Waals surface area contributed by atoms with Crippen molar-refractivity contribution in [2.24, 2.45) is 5.92 Å². The average molecular weight is 388 g/mol. The normalized spacial score (nSPS) is 17.3. The second kappa shape index (κ2) is 7.24. The standard InChI is InChI=1S/C22H23F3N2O/c1-14(28)26-21-7-6-19(22(23,24)25)11-20(21)17-5-4-16-8-9-27(12-15-2-3-15)13-18(16)10-17/h4-7,10-11,15H,2-3,8-9,12-13H2,1H3,(H,26,28). The fourth-order valence-electron chi connectivity index (χ4n) is 3.86. The first-order chi connectivity index (χ1) is 13.3. The zero-order chi connectivity index (χ0) is 19.9. The van der Waals surface area contributed by atoms with Crippen LogP contribution in [0.3, 0.4) is 0 Å². The number of carbonyl (C=O) groups is 1. The lowest BCUT2D eigenvalue weighted by Crippen LogP contribution is -2.32. The molecule has 2 aliphatic rings. The molecule has 1 amide bonds. The molecule has 0 radical (unpaired) electrons. The predicted octanol–water partition coefficient (Wildman–Crippen LogP) is 5.10. The third-order valence-corrected chi connectivity index (χ3v) is 5.48. The van der Waals surface area contributed by atoms with Crippen molar-refractivity contribution in [3.63, 3.8) is 0 Å². The van der Waals surface area contributed by atoms with Crippen molar-refractivity contribution >= 4 is 11.6 Å². The van der Waals surface area contributed by atoms with Gasteiger partial charge in [0, 0.05) is 37.8 Å². The number of nitrogens with zero attached hydrogens (tertiary/aromatic N) is 1. The maximum atomic E-state index is 13.2. The number of fused-ring (bicyclic) bond motifs is 1. The third-order valence-electron chi connectivity index (χ3n) is 5.48. The van der Waals surface area contributed by atoms with Crippen LogP contribution >= 0.6 is 0 Å². The number of halogens is 3. The van der Waals surface area contributed by atoms with Crippen LogP contribution in [0.15, 0.2) is 36.4 Å². The number of anilines is 1. The fourth-order valence-corrected chi connectivity index (χ4v) is 3.86. The van der Waals surface area contributed by atoms with Crippen molar-refractivity contribution in [3.05, 3.63) is 53.1 Å². The van der Waals surface area contributed by atoms with Crippen molar-refractivity contribution in [1.29, 1.82) is 0 Å². The summed E-state index contributed by atoms with van der Waals surface area (Å²) in [5.41, 5.74) is 3.18. The number of rotatable bonds is 4. The molecule has 4 rings (SSSR count). The van der Waals surface area contributed by atoms with Gasteiger partial charge < -0.3 is 5.32 Å². The van der Waals surface area contributed by atoms with Crippen LogP contribution in [0.1, 0.15) is 36.5 Å². The minimum Gasteiger partial charge on any atom is -0.326 e. The summed E-state index contributed by atoms with van der Waals surface area (Å²) in [4.78, 5) is 14.0. The van der Waals surface area contributed by atoms with Crippen molar-refractivity contribution in [3.8, 4) is 11.1 Å². The molecule has 28 heavy (non-hydrogen) atoms. The van der Waals surface area contributed by atoms with Gasteiger partial charge in [0.2, 0.25) is 5.91 Å². The first-order valence-corrected chi connectivity index (χ1v) is 9.63. The van der Waals surface area contributed by atoms with E-state index in [1.165, 1.54) is 31.4 Å². The van der Waals surface area contributed by atoms with Gasteiger partial charge in [0.05, 0.1) is 5.56 Å². The van der Waals surface area contributed by atoms with E-state index in [4.69, 9.17) is 0 Å². The zero-order valence-electron chi connectivity index (χ0n) is 15.8. The Kier molecular flexibility index (Phi) is 4.91. The smallest absolute Gasteiger partial charge is 0.326 e. The van der Waals surface area contributed by atoms with Crippen LogP contribution in [0.4, 0.5) is 18.9 Å². The van der Waals surface area contributed by atoms with Crippen LogP contribution in [0, 0.1) is 5.92 Å². The summed E-state index contributed by atoms with van der Waals surface area (Å²) in [7, 11) is 0.